The normalized spacial score (nSPS) is 8.00. The molecule has 0 nitrogen and oxygen atoms in total. The first-order valence-electron chi connectivity index (χ1n) is 4.54. The van der Waals surface area contributed by atoms with Crippen LogP contribution in [0.1, 0.15) is 5.56 Å². The minimum absolute atomic E-state index is 0. The van der Waals surface area contributed by atoms with Gasteiger partial charge in [0.25, 0.3) is 0 Å². The molecule has 0 bridgehead atoms. The van der Waals surface area contributed by atoms with Gasteiger partial charge >= 0.3 is 17.1 Å². The molecule has 0 amide bonds. The topological polar surface area (TPSA) is 0 Å². The third-order valence-corrected chi connectivity index (χ3v) is 1.84. The third-order valence-electron chi connectivity index (χ3n) is 1.84. The fourth-order valence-corrected chi connectivity index (χ4v) is 1.03. The Bertz CT molecular complexity index is 335. The van der Waals surface area contributed by atoms with Crippen LogP contribution in [0.5, 0.6) is 0 Å². The van der Waals surface area contributed by atoms with Crippen LogP contribution in [0.15, 0.2) is 73.8 Å². The molecular formula is C14H14Fe. The van der Waals surface area contributed by atoms with E-state index in [9.17, 15) is 0 Å². The van der Waals surface area contributed by atoms with Crippen molar-refractivity contribution in [2.24, 2.45) is 0 Å². The van der Waals surface area contributed by atoms with Gasteiger partial charge in [-0.05, 0) is 0 Å². The summed E-state index contributed by atoms with van der Waals surface area (Å²) in [5, 5.41) is 0. The van der Waals surface area contributed by atoms with E-state index in [1.165, 1.54) is 0 Å². The zero-order valence-electron chi connectivity index (χ0n) is 8.54. The molecule has 0 saturated carbocycles. The third kappa shape index (κ3) is 5.21. The molecule has 2 rings (SSSR count). The summed E-state index contributed by atoms with van der Waals surface area (Å²) >= 11 is 0. The van der Waals surface area contributed by atoms with Crippen molar-refractivity contribution in [2.45, 2.75) is 0 Å². The van der Waals surface area contributed by atoms with Gasteiger partial charge in [0, 0.05) is 0 Å². The Kier molecular flexibility index (Phi) is 7.35. The number of hydrogen-bond donors (Lipinski definition) is 0. The largest absolute Gasteiger partial charge is 2.00 e. The molecule has 0 atom stereocenters. The Morgan fingerprint density at radius 2 is 1.80 bits per heavy atom. The van der Waals surface area contributed by atoms with Crippen molar-refractivity contribution in [1.29, 1.82) is 0 Å². The molecule has 0 aliphatic heterocycles. The van der Waals surface area contributed by atoms with Gasteiger partial charge < -0.3 is 0 Å². The summed E-state index contributed by atoms with van der Waals surface area (Å²) in [5.41, 5.74) is 2.14. The van der Waals surface area contributed by atoms with Crippen molar-refractivity contribution in [2.75, 3.05) is 0 Å². The molecular weight excluding hydrogens is 224 g/mol. The molecule has 0 saturated heterocycles. The zero-order chi connectivity index (χ0) is 10.2. The minimum atomic E-state index is 0. The van der Waals surface area contributed by atoms with Gasteiger partial charge in [0.05, 0.1) is 0 Å². The molecule has 1 heteroatoms. The number of rotatable bonds is 2. The summed E-state index contributed by atoms with van der Waals surface area (Å²) in [6.07, 6.45) is 1.76. The maximum Gasteiger partial charge on any atom is 2.00 e. The van der Waals surface area contributed by atoms with E-state index in [0.29, 0.717) is 0 Å². The summed E-state index contributed by atoms with van der Waals surface area (Å²) in [6.45, 7) is 7.41. The molecule has 0 radical (unpaired) electrons. The van der Waals surface area contributed by atoms with Gasteiger partial charge in [-0.3, -0.25) is 0 Å². The summed E-state index contributed by atoms with van der Waals surface area (Å²) < 4.78 is 0. The van der Waals surface area contributed by atoms with E-state index in [4.69, 9.17) is 0 Å². The Morgan fingerprint density at radius 3 is 2.13 bits per heavy atom. The van der Waals surface area contributed by atoms with E-state index in [-0.39, 0.29) is 17.1 Å². The van der Waals surface area contributed by atoms with Crippen LogP contribution in [-0.4, -0.2) is 0 Å². The predicted octanol–water partition coefficient (Wildman–Crippen LogP) is 4.01. The molecule has 0 N–H and O–H groups in total. The molecule has 0 unspecified atom stereocenters. The molecule has 0 spiro atoms. The maximum atomic E-state index is 3.80. The molecule has 78 valence electrons. The molecule has 0 heterocycles. The molecule has 2 aromatic rings. The van der Waals surface area contributed by atoms with Crippen molar-refractivity contribution in [3.8, 4) is 0 Å². The second-order valence-electron chi connectivity index (χ2n) is 2.87. The zero-order valence-corrected chi connectivity index (χ0v) is 9.65. The van der Waals surface area contributed by atoms with Gasteiger partial charge in [0.1, 0.15) is 0 Å². The summed E-state index contributed by atoms with van der Waals surface area (Å²) in [6, 6.07) is 18.0. The van der Waals surface area contributed by atoms with Crippen LogP contribution in [-0.2, 0) is 17.1 Å². The van der Waals surface area contributed by atoms with Gasteiger partial charge in [-0.15, -0.1) is 30.9 Å². The second-order valence-corrected chi connectivity index (χ2v) is 2.87. The van der Waals surface area contributed by atoms with Crippen LogP contribution in [0.25, 0.3) is 5.57 Å². The van der Waals surface area contributed by atoms with Crippen LogP contribution in [0.4, 0.5) is 0 Å². The molecule has 15 heavy (non-hydrogen) atoms. The van der Waals surface area contributed by atoms with Gasteiger partial charge in [0.2, 0.25) is 0 Å². The quantitative estimate of drug-likeness (QED) is 0.421. The Hall–Kier alpha value is -1.30. The van der Waals surface area contributed by atoms with Crippen molar-refractivity contribution in [3.63, 3.8) is 0 Å². The van der Waals surface area contributed by atoms with Crippen molar-refractivity contribution < 1.29 is 17.1 Å². The van der Waals surface area contributed by atoms with E-state index in [0.717, 1.165) is 11.1 Å². The minimum Gasteiger partial charge on any atom is -0.214 e. The van der Waals surface area contributed by atoms with Crippen LogP contribution >= 0.6 is 0 Å². The van der Waals surface area contributed by atoms with E-state index in [1.54, 1.807) is 6.08 Å². The first-order chi connectivity index (χ1) is 6.84. The number of allylic oxidation sites excluding steroid dienone is 2. The first kappa shape index (κ1) is 13.7. The van der Waals surface area contributed by atoms with E-state index >= 15 is 0 Å². The van der Waals surface area contributed by atoms with Gasteiger partial charge in [0.15, 0.2) is 0 Å². The van der Waals surface area contributed by atoms with Gasteiger partial charge in [-0.1, -0.05) is 0 Å². The van der Waals surface area contributed by atoms with Gasteiger partial charge in [-0.25, -0.2) is 12.1 Å². The first-order valence-corrected chi connectivity index (χ1v) is 4.54. The fourth-order valence-electron chi connectivity index (χ4n) is 1.03. The Morgan fingerprint density at radius 1 is 1.13 bits per heavy atom. The fraction of sp³-hybridized carbons (Fsp3) is 0. The van der Waals surface area contributed by atoms with Crippen molar-refractivity contribution >= 4 is 5.57 Å². The SMILES string of the molecule is C=CC(=C)c1ccc[cH-]1.[Fe+2].c1cc[cH-]c1. The van der Waals surface area contributed by atoms with Crippen molar-refractivity contribution in [1.82, 2.24) is 0 Å². The standard InChI is InChI=1S/C9H9.C5H5.Fe/c1-3-8(2)9-6-4-5-7-9;1-2-4-5-3-1;/h3-7H,1-2H2;1-5H;/q2*-1;+2. The average molecular weight is 238 g/mol. The summed E-state index contributed by atoms with van der Waals surface area (Å²) in [7, 11) is 0. The molecule has 0 aromatic heterocycles. The second kappa shape index (κ2) is 8.04. The van der Waals surface area contributed by atoms with Crippen LogP contribution < -0.4 is 0 Å². The van der Waals surface area contributed by atoms with Gasteiger partial charge in [-0.2, -0.15) is 42.0 Å². The Balaban J connectivity index is 0.000000280. The van der Waals surface area contributed by atoms with Crippen molar-refractivity contribution in [3.05, 3.63) is 79.4 Å². The summed E-state index contributed by atoms with van der Waals surface area (Å²) in [5.74, 6) is 0. The van der Waals surface area contributed by atoms with Crippen LogP contribution in [0, 0.1) is 0 Å². The monoisotopic (exact) mass is 238 g/mol. The smallest absolute Gasteiger partial charge is 0.214 e. The molecule has 0 aliphatic carbocycles. The van der Waals surface area contributed by atoms with E-state index in [2.05, 4.69) is 13.2 Å². The average Bonchev–Trinajstić information content (AvgIpc) is 2.91. The maximum absolute atomic E-state index is 3.80. The predicted molar refractivity (Wildman–Crippen MR) is 63.3 cm³/mol. The van der Waals surface area contributed by atoms with E-state index in [1.807, 2.05) is 54.6 Å². The number of hydrogen-bond acceptors (Lipinski definition) is 0. The summed E-state index contributed by atoms with van der Waals surface area (Å²) in [4.78, 5) is 0. The van der Waals surface area contributed by atoms with Crippen LogP contribution in [0.3, 0.4) is 0 Å². The molecule has 0 aliphatic rings. The van der Waals surface area contributed by atoms with Crippen LogP contribution in [0.2, 0.25) is 0 Å². The van der Waals surface area contributed by atoms with E-state index < -0.39 is 0 Å². The molecule has 0 fully saturated rings. The Labute approximate surface area is 102 Å². The molecule has 2 aromatic carbocycles.